The standard InChI is InChI=1S/C17H26O2/c1-3-7-14-8-10-15(11-9-14)16(18)17(19-4-2)12-5-6-13-17/h8-11,16,18H,3-7,12-13H2,1-2H3. The number of rotatable bonds is 6. The number of aliphatic hydroxyl groups excluding tert-OH is 1. The predicted octanol–water partition coefficient (Wildman–Crippen LogP) is 4.02. The maximum absolute atomic E-state index is 10.7. The van der Waals surface area contributed by atoms with Gasteiger partial charge in [0.2, 0.25) is 0 Å². The fourth-order valence-electron chi connectivity index (χ4n) is 3.22. The number of hydrogen-bond donors (Lipinski definition) is 1. The second-order valence-electron chi connectivity index (χ2n) is 5.60. The minimum atomic E-state index is -0.495. The van der Waals surface area contributed by atoms with Gasteiger partial charge in [-0.05, 0) is 37.3 Å². The van der Waals surface area contributed by atoms with Gasteiger partial charge in [0.25, 0.3) is 0 Å². The number of aryl methyl sites for hydroxylation is 1. The van der Waals surface area contributed by atoms with E-state index in [4.69, 9.17) is 4.74 Å². The van der Waals surface area contributed by atoms with Crippen molar-refractivity contribution in [2.24, 2.45) is 0 Å². The molecule has 1 saturated carbocycles. The first-order chi connectivity index (χ1) is 9.22. The molecule has 1 atom stereocenters. The normalized spacial score (nSPS) is 19.5. The summed E-state index contributed by atoms with van der Waals surface area (Å²) in [7, 11) is 0. The summed E-state index contributed by atoms with van der Waals surface area (Å²) in [6.45, 7) is 4.87. The average Bonchev–Trinajstić information content (AvgIpc) is 2.89. The van der Waals surface area contributed by atoms with Crippen LogP contribution in [0.5, 0.6) is 0 Å². The molecule has 0 bridgehead atoms. The van der Waals surface area contributed by atoms with Crippen LogP contribution in [-0.4, -0.2) is 17.3 Å². The number of benzene rings is 1. The van der Waals surface area contributed by atoms with Crippen LogP contribution < -0.4 is 0 Å². The van der Waals surface area contributed by atoms with Crippen molar-refractivity contribution in [3.63, 3.8) is 0 Å². The van der Waals surface area contributed by atoms with Crippen LogP contribution in [0.25, 0.3) is 0 Å². The Morgan fingerprint density at radius 2 is 1.79 bits per heavy atom. The highest BCUT2D eigenvalue weighted by atomic mass is 16.5. The zero-order valence-electron chi connectivity index (χ0n) is 12.2. The fraction of sp³-hybridized carbons (Fsp3) is 0.647. The smallest absolute Gasteiger partial charge is 0.108 e. The third-order valence-corrected chi connectivity index (χ3v) is 4.21. The van der Waals surface area contributed by atoms with Crippen LogP contribution in [0.2, 0.25) is 0 Å². The summed E-state index contributed by atoms with van der Waals surface area (Å²) >= 11 is 0. The molecular formula is C17H26O2. The van der Waals surface area contributed by atoms with E-state index in [0.717, 1.165) is 44.1 Å². The molecule has 0 spiro atoms. The van der Waals surface area contributed by atoms with Crippen molar-refractivity contribution >= 4 is 0 Å². The molecule has 0 aliphatic heterocycles. The monoisotopic (exact) mass is 262 g/mol. The highest BCUT2D eigenvalue weighted by Gasteiger charge is 2.42. The molecule has 1 fully saturated rings. The summed E-state index contributed by atoms with van der Waals surface area (Å²) in [5.41, 5.74) is 1.99. The van der Waals surface area contributed by atoms with Crippen LogP contribution in [0.4, 0.5) is 0 Å². The first kappa shape index (κ1) is 14.5. The van der Waals surface area contributed by atoms with Crippen molar-refractivity contribution in [2.45, 2.75) is 64.1 Å². The van der Waals surface area contributed by atoms with E-state index < -0.39 is 6.10 Å². The summed E-state index contributed by atoms with van der Waals surface area (Å²) in [4.78, 5) is 0. The van der Waals surface area contributed by atoms with Gasteiger partial charge >= 0.3 is 0 Å². The van der Waals surface area contributed by atoms with Crippen molar-refractivity contribution in [3.05, 3.63) is 35.4 Å². The van der Waals surface area contributed by atoms with E-state index in [-0.39, 0.29) is 5.60 Å². The van der Waals surface area contributed by atoms with Gasteiger partial charge in [0.05, 0.1) is 5.60 Å². The van der Waals surface area contributed by atoms with Crippen molar-refractivity contribution in [2.75, 3.05) is 6.61 Å². The predicted molar refractivity (Wildman–Crippen MR) is 78.2 cm³/mol. The SMILES string of the molecule is CCCc1ccc(C(O)C2(OCC)CCCC2)cc1. The lowest BCUT2D eigenvalue weighted by Crippen LogP contribution is -2.36. The molecule has 1 aliphatic rings. The Bertz CT molecular complexity index is 377. The molecule has 19 heavy (non-hydrogen) atoms. The van der Waals surface area contributed by atoms with Gasteiger partial charge in [-0.25, -0.2) is 0 Å². The van der Waals surface area contributed by atoms with E-state index >= 15 is 0 Å². The molecular weight excluding hydrogens is 236 g/mol. The van der Waals surface area contributed by atoms with Gasteiger partial charge in [-0.3, -0.25) is 0 Å². The molecule has 1 aliphatic carbocycles. The maximum Gasteiger partial charge on any atom is 0.108 e. The molecule has 0 radical (unpaired) electrons. The number of aliphatic hydroxyl groups is 1. The van der Waals surface area contributed by atoms with Crippen molar-refractivity contribution in [3.8, 4) is 0 Å². The lowest BCUT2D eigenvalue weighted by Gasteiger charge is -2.34. The Balaban J connectivity index is 2.14. The van der Waals surface area contributed by atoms with Crippen molar-refractivity contribution < 1.29 is 9.84 Å². The zero-order chi connectivity index (χ0) is 13.7. The zero-order valence-corrected chi connectivity index (χ0v) is 12.2. The maximum atomic E-state index is 10.7. The molecule has 0 saturated heterocycles. The number of ether oxygens (including phenoxy) is 1. The van der Waals surface area contributed by atoms with Crippen LogP contribution in [0, 0.1) is 0 Å². The third-order valence-electron chi connectivity index (χ3n) is 4.21. The molecule has 0 amide bonds. The largest absolute Gasteiger partial charge is 0.385 e. The van der Waals surface area contributed by atoms with E-state index in [9.17, 15) is 5.11 Å². The molecule has 1 N–H and O–H groups in total. The van der Waals surface area contributed by atoms with E-state index in [1.807, 2.05) is 6.92 Å². The van der Waals surface area contributed by atoms with Crippen LogP contribution in [0.3, 0.4) is 0 Å². The molecule has 1 unspecified atom stereocenters. The first-order valence-electron chi connectivity index (χ1n) is 7.62. The van der Waals surface area contributed by atoms with Crippen LogP contribution >= 0.6 is 0 Å². The summed E-state index contributed by atoms with van der Waals surface area (Å²) in [6.07, 6.45) is 6.02. The average molecular weight is 262 g/mol. The van der Waals surface area contributed by atoms with Crippen LogP contribution in [0.15, 0.2) is 24.3 Å². The van der Waals surface area contributed by atoms with Crippen LogP contribution in [-0.2, 0) is 11.2 Å². The highest BCUT2D eigenvalue weighted by molar-refractivity contribution is 5.26. The second-order valence-corrected chi connectivity index (χ2v) is 5.60. The summed E-state index contributed by atoms with van der Waals surface area (Å²) in [6, 6.07) is 8.40. The van der Waals surface area contributed by atoms with Gasteiger partial charge in [0.15, 0.2) is 0 Å². The van der Waals surface area contributed by atoms with Gasteiger partial charge in [-0.2, -0.15) is 0 Å². The Labute approximate surface area is 116 Å². The van der Waals surface area contributed by atoms with Gasteiger partial charge in [-0.15, -0.1) is 0 Å². The molecule has 0 aromatic heterocycles. The summed E-state index contributed by atoms with van der Waals surface area (Å²) in [5, 5.41) is 10.7. The Kier molecular flexibility index (Phi) is 5.00. The Morgan fingerprint density at radius 3 is 2.32 bits per heavy atom. The summed E-state index contributed by atoms with van der Waals surface area (Å²) in [5.74, 6) is 0. The lowest BCUT2D eigenvalue weighted by atomic mass is 9.88. The third kappa shape index (κ3) is 3.18. The van der Waals surface area contributed by atoms with E-state index in [0.29, 0.717) is 6.61 Å². The second kappa shape index (κ2) is 6.53. The topological polar surface area (TPSA) is 29.5 Å². The first-order valence-corrected chi connectivity index (χ1v) is 7.62. The molecule has 106 valence electrons. The molecule has 0 heterocycles. The molecule has 1 aromatic carbocycles. The fourth-order valence-corrected chi connectivity index (χ4v) is 3.22. The van der Waals surface area contributed by atoms with Crippen molar-refractivity contribution in [1.29, 1.82) is 0 Å². The minimum Gasteiger partial charge on any atom is -0.385 e. The molecule has 2 heteroatoms. The van der Waals surface area contributed by atoms with Gasteiger partial charge in [0.1, 0.15) is 6.10 Å². The van der Waals surface area contributed by atoms with Crippen molar-refractivity contribution in [1.82, 2.24) is 0 Å². The Morgan fingerprint density at radius 1 is 1.16 bits per heavy atom. The molecule has 1 aromatic rings. The van der Waals surface area contributed by atoms with Gasteiger partial charge in [-0.1, -0.05) is 50.5 Å². The molecule has 2 nitrogen and oxygen atoms in total. The number of hydrogen-bond acceptors (Lipinski definition) is 2. The quantitative estimate of drug-likeness (QED) is 0.839. The van der Waals surface area contributed by atoms with Crippen LogP contribution in [0.1, 0.15) is 63.2 Å². The minimum absolute atomic E-state index is 0.346. The molecule has 2 rings (SSSR count). The van der Waals surface area contributed by atoms with E-state index in [1.54, 1.807) is 0 Å². The van der Waals surface area contributed by atoms with E-state index in [1.165, 1.54) is 5.56 Å². The van der Waals surface area contributed by atoms with Gasteiger partial charge in [0, 0.05) is 6.61 Å². The summed E-state index contributed by atoms with van der Waals surface area (Å²) < 4.78 is 5.93. The van der Waals surface area contributed by atoms with E-state index in [2.05, 4.69) is 31.2 Å². The lowest BCUT2D eigenvalue weighted by molar-refractivity contribution is -0.118. The Hall–Kier alpha value is -0.860. The van der Waals surface area contributed by atoms with Gasteiger partial charge < -0.3 is 9.84 Å². The highest BCUT2D eigenvalue weighted by Crippen LogP contribution is 2.42.